The zero-order chi connectivity index (χ0) is 13.1. The fourth-order valence-electron chi connectivity index (χ4n) is 2.32. The normalized spacial score (nSPS) is 19.7. The third-order valence-corrected chi connectivity index (χ3v) is 3.88. The molecule has 2 aromatic rings. The molecule has 0 saturated carbocycles. The summed E-state index contributed by atoms with van der Waals surface area (Å²) < 4.78 is 1.97. The average Bonchev–Trinajstić information content (AvgIpc) is 3.09. The summed E-state index contributed by atoms with van der Waals surface area (Å²) in [5.41, 5.74) is 0. The summed E-state index contributed by atoms with van der Waals surface area (Å²) in [6.45, 7) is 2.21. The number of rotatable bonds is 4. The number of thiazole rings is 1. The Morgan fingerprint density at radius 2 is 2.47 bits per heavy atom. The first-order chi connectivity index (χ1) is 9.31. The maximum atomic E-state index is 11.9. The van der Waals surface area contributed by atoms with Crippen LogP contribution < -0.4 is 5.32 Å². The lowest BCUT2D eigenvalue weighted by Gasteiger charge is -2.15. The van der Waals surface area contributed by atoms with Crippen LogP contribution in [0.1, 0.15) is 12.5 Å². The summed E-state index contributed by atoms with van der Waals surface area (Å²) in [5.74, 6) is -0.00364. The second kappa shape index (κ2) is 5.50. The van der Waals surface area contributed by atoms with Crippen molar-refractivity contribution < 1.29 is 4.79 Å². The number of likely N-dealkylation sites (tertiary alicyclic amines) is 1. The van der Waals surface area contributed by atoms with E-state index in [0.717, 1.165) is 19.5 Å². The Kier molecular flexibility index (Phi) is 3.56. The van der Waals surface area contributed by atoms with Gasteiger partial charge in [-0.25, -0.2) is 4.98 Å². The third kappa shape index (κ3) is 2.99. The summed E-state index contributed by atoms with van der Waals surface area (Å²) in [6.07, 6.45) is 6.48. The predicted octanol–water partition coefficient (Wildman–Crippen LogP) is 1.23. The third-order valence-electron chi connectivity index (χ3n) is 3.19. The average molecular weight is 277 g/mol. The summed E-state index contributed by atoms with van der Waals surface area (Å²) in [4.78, 5) is 18.0. The van der Waals surface area contributed by atoms with Crippen LogP contribution in [-0.4, -0.2) is 45.2 Å². The van der Waals surface area contributed by atoms with Crippen molar-refractivity contribution in [1.29, 1.82) is 0 Å². The lowest BCUT2D eigenvalue weighted by atomic mass is 10.3. The molecule has 1 saturated heterocycles. The van der Waals surface area contributed by atoms with Crippen molar-refractivity contribution in [2.45, 2.75) is 12.5 Å². The fraction of sp³-hybridized carbons (Fsp3) is 0.417. The first kappa shape index (κ1) is 12.3. The van der Waals surface area contributed by atoms with Gasteiger partial charge >= 0.3 is 0 Å². The molecule has 2 aromatic heterocycles. The van der Waals surface area contributed by atoms with Crippen molar-refractivity contribution in [3.8, 4) is 0 Å². The summed E-state index contributed by atoms with van der Waals surface area (Å²) >= 11 is 1.43. The minimum absolute atomic E-state index is 0.00364. The number of nitrogens with one attached hydrogen (secondary N) is 1. The molecule has 100 valence electrons. The highest BCUT2D eigenvalue weighted by atomic mass is 32.1. The van der Waals surface area contributed by atoms with E-state index in [1.165, 1.54) is 11.3 Å². The molecule has 0 aliphatic carbocycles. The fourth-order valence-corrected chi connectivity index (χ4v) is 2.86. The summed E-state index contributed by atoms with van der Waals surface area (Å²) in [6, 6.07) is 2.31. The molecule has 1 N–H and O–H groups in total. The van der Waals surface area contributed by atoms with Crippen molar-refractivity contribution in [3.63, 3.8) is 0 Å². The molecule has 6 nitrogen and oxygen atoms in total. The van der Waals surface area contributed by atoms with Crippen LogP contribution in [0.15, 0.2) is 30.0 Å². The lowest BCUT2D eigenvalue weighted by Crippen LogP contribution is -2.31. The highest BCUT2D eigenvalue weighted by molar-refractivity contribution is 7.13. The predicted molar refractivity (Wildman–Crippen MR) is 73.1 cm³/mol. The van der Waals surface area contributed by atoms with E-state index in [1.807, 2.05) is 22.3 Å². The highest BCUT2D eigenvalue weighted by Crippen LogP contribution is 2.20. The van der Waals surface area contributed by atoms with Crippen molar-refractivity contribution in [1.82, 2.24) is 19.7 Å². The van der Waals surface area contributed by atoms with E-state index in [1.54, 1.807) is 12.4 Å². The van der Waals surface area contributed by atoms with E-state index in [4.69, 9.17) is 0 Å². The van der Waals surface area contributed by atoms with Gasteiger partial charge in [0.15, 0.2) is 5.13 Å². The largest absolute Gasteiger partial charge is 0.301 e. The molecule has 0 aromatic carbocycles. The number of carbonyl (C=O) groups is 1. The van der Waals surface area contributed by atoms with Gasteiger partial charge in [0.2, 0.25) is 5.91 Å². The molecule has 1 unspecified atom stereocenters. The van der Waals surface area contributed by atoms with Gasteiger partial charge in [-0.05, 0) is 12.5 Å². The second-order valence-corrected chi connectivity index (χ2v) is 5.44. The van der Waals surface area contributed by atoms with Crippen LogP contribution in [0.3, 0.4) is 0 Å². The Hall–Kier alpha value is -1.73. The van der Waals surface area contributed by atoms with Crippen molar-refractivity contribution in [3.05, 3.63) is 30.0 Å². The number of hydrogen-bond acceptors (Lipinski definition) is 5. The molecule has 3 heterocycles. The number of nitrogens with zero attached hydrogens (tertiary/aromatic N) is 4. The lowest BCUT2D eigenvalue weighted by molar-refractivity contribution is -0.117. The van der Waals surface area contributed by atoms with E-state index in [0.29, 0.717) is 17.7 Å². The van der Waals surface area contributed by atoms with Gasteiger partial charge < -0.3 is 5.32 Å². The Bertz CT molecular complexity index is 524. The van der Waals surface area contributed by atoms with Crippen LogP contribution in [0.2, 0.25) is 0 Å². The zero-order valence-electron chi connectivity index (χ0n) is 10.4. The van der Waals surface area contributed by atoms with Crippen molar-refractivity contribution in [2.24, 2.45) is 0 Å². The van der Waals surface area contributed by atoms with Crippen LogP contribution in [0, 0.1) is 0 Å². The standard InChI is InChI=1S/C12H15N5OS/c18-11(15-12-13-4-7-19-12)9-16-6-2-10(8-16)17-5-1-3-14-17/h1,3-5,7,10H,2,6,8-9H2,(H,13,15,18). The summed E-state index contributed by atoms with van der Waals surface area (Å²) in [7, 11) is 0. The molecule has 0 bridgehead atoms. The quantitative estimate of drug-likeness (QED) is 0.913. The highest BCUT2D eigenvalue weighted by Gasteiger charge is 2.25. The Morgan fingerprint density at radius 1 is 1.53 bits per heavy atom. The maximum absolute atomic E-state index is 11.9. The molecule has 1 fully saturated rings. The molecule has 0 spiro atoms. The minimum Gasteiger partial charge on any atom is -0.301 e. The number of hydrogen-bond donors (Lipinski definition) is 1. The van der Waals surface area contributed by atoms with Gasteiger partial charge in [0, 0.05) is 37.1 Å². The molecule has 1 aliphatic rings. The van der Waals surface area contributed by atoms with Gasteiger partial charge in [-0.2, -0.15) is 5.10 Å². The topological polar surface area (TPSA) is 63.1 Å². The SMILES string of the molecule is O=C(CN1CCC(n2cccn2)C1)Nc1nccs1. The van der Waals surface area contributed by atoms with E-state index >= 15 is 0 Å². The van der Waals surface area contributed by atoms with Crippen LogP contribution in [0.4, 0.5) is 5.13 Å². The van der Waals surface area contributed by atoms with Crippen LogP contribution in [0.25, 0.3) is 0 Å². The van der Waals surface area contributed by atoms with E-state index in [2.05, 4.69) is 20.3 Å². The molecule has 3 rings (SSSR count). The molecule has 0 radical (unpaired) electrons. The Balaban J connectivity index is 1.50. The monoisotopic (exact) mass is 277 g/mol. The molecular formula is C12H15N5OS. The van der Waals surface area contributed by atoms with Crippen LogP contribution >= 0.6 is 11.3 Å². The molecular weight excluding hydrogens is 262 g/mol. The molecule has 1 atom stereocenters. The van der Waals surface area contributed by atoms with Gasteiger partial charge in [-0.15, -0.1) is 11.3 Å². The van der Waals surface area contributed by atoms with Gasteiger partial charge in [0.1, 0.15) is 0 Å². The molecule has 1 amide bonds. The number of aromatic nitrogens is 3. The van der Waals surface area contributed by atoms with E-state index in [9.17, 15) is 4.79 Å². The second-order valence-electron chi connectivity index (χ2n) is 4.55. The Labute approximate surface area is 115 Å². The smallest absolute Gasteiger partial charge is 0.240 e. The van der Waals surface area contributed by atoms with Gasteiger partial charge in [0.05, 0.1) is 12.6 Å². The number of carbonyl (C=O) groups excluding carboxylic acids is 1. The first-order valence-electron chi connectivity index (χ1n) is 6.22. The minimum atomic E-state index is -0.00364. The van der Waals surface area contributed by atoms with Gasteiger partial charge in [-0.1, -0.05) is 0 Å². The maximum Gasteiger partial charge on any atom is 0.240 e. The van der Waals surface area contributed by atoms with Crippen LogP contribution in [0.5, 0.6) is 0 Å². The zero-order valence-corrected chi connectivity index (χ0v) is 11.2. The van der Waals surface area contributed by atoms with Crippen molar-refractivity contribution >= 4 is 22.4 Å². The number of amides is 1. The number of anilines is 1. The first-order valence-corrected chi connectivity index (χ1v) is 7.10. The van der Waals surface area contributed by atoms with Gasteiger partial charge in [-0.3, -0.25) is 14.4 Å². The van der Waals surface area contributed by atoms with Crippen LogP contribution in [-0.2, 0) is 4.79 Å². The molecule has 1 aliphatic heterocycles. The Morgan fingerprint density at radius 3 is 3.21 bits per heavy atom. The molecule has 7 heteroatoms. The van der Waals surface area contributed by atoms with E-state index in [-0.39, 0.29) is 5.91 Å². The summed E-state index contributed by atoms with van der Waals surface area (Å²) in [5, 5.41) is 9.56. The van der Waals surface area contributed by atoms with Crippen molar-refractivity contribution in [2.75, 3.05) is 25.0 Å². The molecule has 19 heavy (non-hydrogen) atoms. The van der Waals surface area contributed by atoms with E-state index < -0.39 is 0 Å². The van der Waals surface area contributed by atoms with Gasteiger partial charge in [0.25, 0.3) is 0 Å².